The average Bonchev–Trinajstić information content (AvgIpc) is 3.59. The van der Waals surface area contributed by atoms with Crippen LogP contribution in [-0.2, 0) is 32.9 Å². The fourth-order valence-corrected chi connectivity index (χ4v) is 10.6. The molecule has 0 unspecified atom stereocenters. The Hall–Kier alpha value is -4.03. The lowest BCUT2D eigenvalue weighted by atomic mass is 9.82. The van der Waals surface area contributed by atoms with Crippen molar-refractivity contribution in [2.24, 2.45) is 5.92 Å². The maximum absolute atomic E-state index is 14.2. The second kappa shape index (κ2) is 10.5. The van der Waals surface area contributed by atoms with Crippen LogP contribution in [0, 0.1) is 5.92 Å². The zero-order chi connectivity index (χ0) is 31.8. The Bertz CT molecular complexity index is 1900. The minimum atomic E-state index is -3.00. The van der Waals surface area contributed by atoms with Crippen LogP contribution >= 0.6 is 0 Å². The lowest BCUT2D eigenvalue weighted by molar-refractivity contribution is -0.150. The van der Waals surface area contributed by atoms with E-state index in [2.05, 4.69) is 5.10 Å². The van der Waals surface area contributed by atoms with E-state index in [0.717, 1.165) is 11.1 Å². The number of nitrogens with zero attached hydrogens (tertiary/aromatic N) is 3. The first kappa shape index (κ1) is 29.7. The van der Waals surface area contributed by atoms with Crippen molar-refractivity contribution >= 4 is 36.7 Å². The number of nitrogens with one attached hydrogen (secondary N) is 1. The van der Waals surface area contributed by atoms with E-state index >= 15 is 0 Å². The molecule has 0 bridgehead atoms. The number of aliphatic hydroxyl groups is 1. The van der Waals surface area contributed by atoms with Gasteiger partial charge in [-0.15, -0.1) is 0 Å². The molecule has 1 saturated heterocycles. The third-order valence-electron chi connectivity index (χ3n) is 10.2. The fraction of sp³-hybridized carbons (Fsp3) is 0.382. The van der Waals surface area contributed by atoms with Crippen molar-refractivity contribution in [3.8, 4) is 5.69 Å². The van der Waals surface area contributed by atoms with Gasteiger partial charge in [0.1, 0.15) is 0 Å². The molecule has 10 nitrogen and oxygen atoms in total. The monoisotopic (exact) mass is 626 g/mol. The maximum Gasteiger partial charge on any atom is 0.279 e. The summed E-state index contributed by atoms with van der Waals surface area (Å²) < 4.78 is 8.29. The summed E-state index contributed by atoms with van der Waals surface area (Å²) in [5.41, 5.74) is 2.62. The average molecular weight is 627 g/mol. The molecule has 1 fully saturated rings. The van der Waals surface area contributed by atoms with E-state index in [0.29, 0.717) is 40.8 Å². The molecule has 3 aliphatic rings. The third kappa shape index (κ3) is 4.44. The number of hydrogen-bond donors (Lipinski definition) is 3. The molecule has 1 aromatic heterocycles. The van der Waals surface area contributed by atoms with Crippen LogP contribution in [0.4, 0.5) is 5.69 Å². The first-order valence-electron chi connectivity index (χ1n) is 15.5. The number of ether oxygens (including phenoxy) is 1. The summed E-state index contributed by atoms with van der Waals surface area (Å²) >= 11 is 0. The molecule has 11 heteroatoms. The number of aliphatic hydroxyl groups excluding tert-OH is 1. The van der Waals surface area contributed by atoms with Crippen LogP contribution in [0.25, 0.3) is 16.6 Å². The highest BCUT2D eigenvalue weighted by molar-refractivity contribution is 6.71. The van der Waals surface area contributed by atoms with Gasteiger partial charge in [0.25, 0.3) is 11.5 Å². The largest absolute Gasteiger partial charge is 0.432 e. The molecule has 45 heavy (non-hydrogen) atoms. The quantitative estimate of drug-likeness (QED) is 0.292. The first-order chi connectivity index (χ1) is 21.5. The molecule has 234 valence electrons. The van der Waals surface area contributed by atoms with Crippen LogP contribution in [0.2, 0.25) is 18.6 Å². The molecule has 3 aromatic carbocycles. The highest BCUT2D eigenvalue weighted by atomic mass is 28.4. The molecule has 0 saturated carbocycles. The number of likely N-dealkylation sites (N-methyl/N-ethyl adjacent to an activating group) is 1. The number of para-hydroxylation sites is 1. The van der Waals surface area contributed by atoms with E-state index in [-0.39, 0.29) is 36.4 Å². The van der Waals surface area contributed by atoms with Crippen molar-refractivity contribution in [3.63, 3.8) is 0 Å². The summed E-state index contributed by atoms with van der Waals surface area (Å²) in [6, 6.07) is 20.3. The predicted molar refractivity (Wildman–Crippen MR) is 173 cm³/mol. The van der Waals surface area contributed by atoms with Crippen molar-refractivity contribution in [2.75, 3.05) is 18.6 Å². The molecule has 4 heterocycles. The second-order valence-electron chi connectivity index (χ2n) is 13.3. The second-order valence-corrected chi connectivity index (χ2v) is 17.2. The standard InChI is InChI=1S/C34H38N4O6Si/c1-20-31(45(3,4)43)29(17-30(40)37-18-22-10-6-5-9-21(22)15-24(37)19-39)44-34(20)26-16-23(13-14-28(26)36(2)33(34)42)38-32(41)25-11-7-8-12-27(25)35-38/h5-14,16,20,24,29,31,35,39,43H,15,17-19H2,1-4H3/t20-,24+,29+,31-,34+/m1/s1. The third-order valence-corrected chi connectivity index (χ3v) is 12.7. The van der Waals surface area contributed by atoms with E-state index in [9.17, 15) is 24.3 Å². The molecule has 4 aromatic rings. The molecule has 3 aliphatic heterocycles. The van der Waals surface area contributed by atoms with E-state index in [1.165, 1.54) is 4.68 Å². The van der Waals surface area contributed by atoms with Gasteiger partial charge < -0.3 is 24.4 Å². The summed E-state index contributed by atoms with van der Waals surface area (Å²) in [4.78, 5) is 56.4. The number of rotatable bonds is 5. The molecule has 7 rings (SSSR count). The van der Waals surface area contributed by atoms with Crippen molar-refractivity contribution < 1.29 is 24.2 Å². The molecule has 2 amide bonds. The van der Waals surface area contributed by atoms with Crippen molar-refractivity contribution in [1.29, 1.82) is 0 Å². The number of benzene rings is 3. The number of H-pyrrole nitrogens is 1. The van der Waals surface area contributed by atoms with Gasteiger partial charge in [0.2, 0.25) is 5.91 Å². The number of aromatic amines is 1. The minimum Gasteiger partial charge on any atom is -0.432 e. The van der Waals surface area contributed by atoms with Crippen LogP contribution in [0.3, 0.4) is 0 Å². The zero-order valence-corrected chi connectivity index (χ0v) is 26.9. The molecule has 3 N–H and O–H groups in total. The number of hydrogen-bond acceptors (Lipinski definition) is 6. The van der Waals surface area contributed by atoms with Crippen LogP contribution in [0.1, 0.15) is 30.0 Å². The lowest BCUT2D eigenvalue weighted by Crippen LogP contribution is -2.48. The van der Waals surface area contributed by atoms with Gasteiger partial charge in [-0.05, 0) is 61.0 Å². The molecule has 5 atom stereocenters. The van der Waals surface area contributed by atoms with E-state index in [1.54, 1.807) is 29.0 Å². The number of carbonyl (C=O) groups excluding carboxylic acids is 2. The molecule has 0 radical (unpaired) electrons. The fourth-order valence-electron chi connectivity index (χ4n) is 8.08. The highest BCUT2D eigenvalue weighted by Gasteiger charge is 2.66. The molecule has 0 aliphatic carbocycles. The normalized spacial score (nSPS) is 26.1. The SMILES string of the molecule is C[C@@H]1[C@@H]([Si](C)(C)O)[C@H](CC(=O)N2Cc3ccccc3C[C@H]2CO)O[C@@]12C(=O)N(C)c1ccc(-n3[nH]c4ccccc4c3=O)cc12. The number of anilines is 1. The zero-order valence-electron chi connectivity index (χ0n) is 25.9. The van der Waals surface area contributed by atoms with Crippen molar-refractivity contribution in [3.05, 3.63) is 93.8 Å². The van der Waals surface area contributed by atoms with Crippen molar-refractivity contribution in [1.82, 2.24) is 14.7 Å². The molecular weight excluding hydrogens is 588 g/mol. The number of carbonyl (C=O) groups is 2. The minimum absolute atomic E-state index is 0.0279. The van der Waals surface area contributed by atoms with Gasteiger partial charge in [-0.3, -0.25) is 19.5 Å². The lowest BCUT2D eigenvalue weighted by Gasteiger charge is -2.37. The summed E-state index contributed by atoms with van der Waals surface area (Å²) in [6.07, 6.45) is -0.195. The summed E-state index contributed by atoms with van der Waals surface area (Å²) in [6.45, 7) is 5.79. The van der Waals surface area contributed by atoms with Crippen LogP contribution < -0.4 is 10.5 Å². The predicted octanol–water partition coefficient (Wildman–Crippen LogP) is 3.43. The van der Waals surface area contributed by atoms with Crippen LogP contribution in [0.5, 0.6) is 0 Å². The summed E-state index contributed by atoms with van der Waals surface area (Å²) in [5, 5.41) is 13.9. The van der Waals surface area contributed by atoms with E-state index < -0.39 is 31.5 Å². The number of fused-ring (bicyclic) bond motifs is 4. The Morgan fingerprint density at radius 2 is 1.78 bits per heavy atom. The molecular formula is C34H38N4O6Si. The topological polar surface area (TPSA) is 128 Å². The van der Waals surface area contributed by atoms with Gasteiger partial charge in [-0.1, -0.05) is 43.3 Å². The Balaban J connectivity index is 1.27. The van der Waals surface area contributed by atoms with Gasteiger partial charge in [-0.25, -0.2) is 4.68 Å². The molecule has 1 spiro atoms. The van der Waals surface area contributed by atoms with E-state index in [1.807, 2.05) is 74.6 Å². The Labute approximate surface area is 262 Å². The Kier molecular flexibility index (Phi) is 6.93. The van der Waals surface area contributed by atoms with Gasteiger partial charge in [0.05, 0.1) is 47.5 Å². The Morgan fingerprint density at radius 3 is 2.49 bits per heavy atom. The maximum atomic E-state index is 14.2. The van der Waals surface area contributed by atoms with Gasteiger partial charge in [-0.2, -0.15) is 0 Å². The summed E-state index contributed by atoms with van der Waals surface area (Å²) in [5.74, 6) is -0.897. The highest BCUT2D eigenvalue weighted by Crippen LogP contribution is 2.59. The smallest absolute Gasteiger partial charge is 0.279 e. The van der Waals surface area contributed by atoms with Gasteiger partial charge in [0.15, 0.2) is 13.9 Å². The van der Waals surface area contributed by atoms with Crippen LogP contribution in [0.15, 0.2) is 71.5 Å². The van der Waals surface area contributed by atoms with Gasteiger partial charge >= 0.3 is 0 Å². The first-order valence-corrected chi connectivity index (χ1v) is 18.5. The van der Waals surface area contributed by atoms with E-state index in [4.69, 9.17) is 4.74 Å². The number of aromatic nitrogens is 2. The Morgan fingerprint density at radius 1 is 1.07 bits per heavy atom. The van der Waals surface area contributed by atoms with Crippen molar-refractivity contribution in [2.45, 2.75) is 62.7 Å². The summed E-state index contributed by atoms with van der Waals surface area (Å²) in [7, 11) is -1.30. The van der Waals surface area contributed by atoms with Gasteiger partial charge in [0, 0.05) is 30.6 Å². The number of amides is 2. The van der Waals surface area contributed by atoms with Crippen LogP contribution in [-0.4, -0.2) is 70.5 Å².